The molecule has 5 nitrogen and oxygen atoms in total. The summed E-state index contributed by atoms with van der Waals surface area (Å²) < 4.78 is 16.0. The first kappa shape index (κ1) is 12.6. The Kier molecular flexibility index (Phi) is 3.62. The molecule has 0 saturated carbocycles. The van der Waals surface area contributed by atoms with Crippen LogP contribution in [0.4, 0.5) is 0 Å². The van der Waals surface area contributed by atoms with Crippen LogP contribution in [0, 0.1) is 0 Å². The lowest BCUT2D eigenvalue weighted by molar-refractivity contribution is 0.300. The molecule has 2 aromatic rings. The van der Waals surface area contributed by atoms with Crippen molar-refractivity contribution >= 4 is 10.9 Å². The molecule has 1 aromatic carbocycles. The Bertz CT molecular complexity index is 547. The number of fused-ring (bicyclic) bond motifs is 1. The fourth-order valence-electron chi connectivity index (χ4n) is 2.14. The van der Waals surface area contributed by atoms with E-state index in [-0.39, 0.29) is 6.61 Å². The molecular formula is C13H17NO4. The molecule has 0 saturated heterocycles. The standard InChI is InChI=1S/C13H17NO4/c1-16-9-6-10(17-2)13(18-3)12-11(9)8(4-5-15)7-14-12/h6-7,14-15H,4-5H2,1-3H3. The molecule has 2 N–H and O–H groups in total. The van der Waals surface area contributed by atoms with Crippen molar-refractivity contribution < 1.29 is 19.3 Å². The maximum atomic E-state index is 9.08. The molecule has 18 heavy (non-hydrogen) atoms. The second kappa shape index (κ2) is 5.18. The molecule has 1 heterocycles. The fourth-order valence-corrected chi connectivity index (χ4v) is 2.14. The van der Waals surface area contributed by atoms with Crippen molar-refractivity contribution in [2.45, 2.75) is 6.42 Å². The highest BCUT2D eigenvalue weighted by Crippen LogP contribution is 2.42. The highest BCUT2D eigenvalue weighted by molar-refractivity contribution is 5.96. The van der Waals surface area contributed by atoms with Crippen LogP contribution in [-0.2, 0) is 6.42 Å². The molecule has 2 rings (SSSR count). The quantitative estimate of drug-likeness (QED) is 0.849. The molecule has 1 aromatic heterocycles. The summed E-state index contributed by atoms with van der Waals surface area (Å²) in [5.41, 5.74) is 1.81. The monoisotopic (exact) mass is 251 g/mol. The number of methoxy groups -OCH3 is 3. The molecule has 0 amide bonds. The zero-order valence-electron chi connectivity index (χ0n) is 10.7. The third-order valence-electron chi connectivity index (χ3n) is 2.95. The maximum absolute atomic E-state index is 9.08. The molecule has 98 valence electrons. The van der Waals surface area contributed by atoms with Crippen LogP contribution in [-0.4, -0.2) is 38.0 Å². The van der Waals surface area contributed by atoms with Gasteiger partial charge in [0, 0.05) is 24.3 Å². The lowest BCUT2D eigenvalue weighted by Gasteiger charge is -2.12. The summed E-state index contributed by atoms with van der Waals surface area (Å²) in [7, 11) is 4.79. The summed E-state index contributed by atoms with van der Waals surface area (Å²) in [6.45, 7) is 0.0878. The average Bonchev–Trinajstić information content (AvgIpc) is 2.81. The Hall–Kier alpha value is -1.88. The molecule has 0 aliphatic heterocycles. The molecule has 0 aliphatic rings. The van der Waals surface area contributed by atoms with E-state index >= 15 is 0 Å². The topological polar surface area (TPSA) is 63.7 Å². The van der Waals surface area contributed by atoms with E-state index < -0.39 is 0 Å². The first-order valence-corrected chi connectivity index (χ1v) is 5.66. The second-order valence-corrected chi connectivity index (χ2v) is 3.85. The SMILES string of the molecule is COc1cc(OC)c2c(CCO)c[nH]c2c1OC. The normalized spacial score (nSPS) is 10.7. The van der Waals surface area contributed by atoms with E-state index in [1.807, 2.05) is 6.20 Å². The number of H-pyrrole nitrogens is 1. The summed E-state index contributed by atoms with van der Waals surface area (Å²) in [6.07, 6.45) is 2.41. The van der Waals surface area contributed by atoms with Gasteiger partial charge >= 0.3 is 0 Å². The summed E-state index contributed by atoms with van der Waals surface area (Å²) in [5.74, 6) is 1.95. The van der Waals surface area contributed by atoms with Crippen molar-refractivity contribution in [2.24, 2.45) is 0 Å². The van der Waals surface area contributed by atoms with Gasteiger partial charge in [0.2, 0.25) is 0 Å². The lowest BCUT2D eigenvalue weighted by Crippen LogP contribution is -1.95. The van der Waals surface area contributed by atoms with Crippen molar-refractivity contribution in [1.29, 1.82) is 0 Å². The van der Waals surface area contributed by atoms with Crippen molar-refractivity contribution in [3.63, 3.8) is 0 Å². The molecule has 0 aliphatic carbocycles. The zero-order valence-corrected chi connectivity index (χ0v) is 10.7. The van der Waals surface area contributed by atoms with Gasteiger partial charge < -0.3 is 24.3 Å². The van der Waals surface area contributed by atoms with Gasteiger partial charge in [0.1, 0.15) is 5.75 Å². The Labute approximate surface area is 105 Å². The van der Waals surface area contributed by atoms with Gasteiger partial charge in [-0.1, -0.05) is 0 Å². The van der Waals surface area contributed by atoms with Gasteiger partial charge in [0.05, 0.1) is 26.8 Å². The van der Waals surface area contributed by atoms with E-state index in [0.717, 1.165) is 16.5 Å². The smallest absolute Gasteiger partial charge is 0.185 e. The van der Waals surface area contributed by atoms with Crippen molar-refractivity contribution in [2.75, 3.05) is 27.9 Å². The molecule has 0 spiro atoms. The Morgan fingerprint density at radius 2 is 1.83 bits per heavy atom. The predicted octanol–water partition coefficient (Wildman–Crippen LogP) is 1.73. The largest absolute Gasteiger partial charge is 0.496 e. The summed E-state index contributed by atoms with van der Waals surface area (Å²) in [6, 6.07) is 1.79. The van der Waals surface area contributed by atoms with Gasteiger partial charge in [-0.05, 0) is 12.0 Å². The molecular weight excluding hydrogens is 234 g/mol. The van der Waals surface area contributed by atoms with Crippen LogP contribution in [0.2, 0.25) is 0 Å². The lowest BCUT2D eigenvalue weighted by atomic mass is 10.1. The predicted molar refractivity (Wildman–Crippen MR) is 68.7 cm³/mol. The van der Waals surface area contributed by atoms with Crippen molar-refractivity contribution in [1.82, 2.24) is 4.98 Å². The van der Waals surface area contributed by atoms with Crippen LogP contribution in [0.1, 0.15) is 5.56 Å². The molecule has 0 unspecified atom stereocenters. The number of aliphatic hydroxyl groups is 1. The highest BCUT2D eigenvalue weighted by Gasteiger charge is 2.18. The molecule has 5 heteroatoms. The van der Waals surface area contributed by atoms with E-state index in [0.29, 0.717) is 23.7 Å². The van der Waals surface area contributed by atoms with Crippen molar-refractivity contribution in [3.05, 3.63) is 17.8 Å². The van der Waals surface area contributed by atoms with Crippen LogP contribution >= 0.6 is 0 Å². The van der Waals surface area contributed by atoms with E-state index in [4.69, 9.17) is 19.3 Å². The van der Waals surface area contributed by atoms with E-state index in [2.05, 4.69) is 4.98 Å². The Morgan fingerprint density at radius 1 is 1.11 bits per heavy atom. The minimum atomic E-state index is 0.0878. The van der Waals surface area contributed by atoms with Gasteiger partial charge in [-0.15, -0.1) is 0 Å². The third-order valence-corrected chi connectivity index (χ3v) is 2.95. The molecule has 0 fully saturated rings. The summed E-state index contributed by atoms with van der Waals surface area (Å²) in [5, 5.41) is 10.00. The Balaban J connectivity index is 2.74. The van der Waals surface area contributed by atoms with Crippen LogP contribution in [0.15, 0.2) is 12.3 Å². The minimum Gasteiger partial charge on any atom is -0.496 e. The first-order valence-electron chi connectivity index (χ1n) is 5.66. The second-order valence-electron chi connectivity index (χ2n) is 3.85. The number of nitrogens with one attached hydrogen (secondary N) is 1. The number of hydrogen-bond acceptors (Lipinski definition) is 4. The van der Waals surface area contributed by atoms with Gasteiger partial charge in [0.25, 0.3) is 0 Å². The van der Waals surface area contributed by atoms with E-state index in [1.165, 1.54) is 0 Å². The number of aromatic nitrogens is 1. The maximum Gasteiger partial charge on any atom is 0.185 e. The first-order chi connectivity index (χ1) is 8.76. The molecule has 0 bridgehead atoms. The summed E-state index contributed by atoms with van der Waals surface area (Å²) >= 11 is 0. The molecule has 0 radical (unpaired) electrons. The zero-order chi connectivity index (χ0) is 13.1. The van der Waals surface area contributed by atoms with Crippen LogP contribution < -0.4 is 14.2 Å². The number of rotatable bonds is 5. The average molecular weight is 251 g/mol. The molecule has 0 atom stereocenters. The minimum absolute atomic E-state index is 0.0878. The van der Waals surface area contributed by atoms with Crippen LogP contribution in [0.5, 0.6) is 17.2 Å². The van der Waals surface area contributed by atoms with E-state index in [1.54, 1.807) is 27.4 Å². The van der Waals surface area contributed by atoms with Gasteiger partial charge in [-0.3, -0.25) is 0 Å². The van der Waals surface area contributed by atoms with Gasteiger partial charge in [-0.25, -0.2) is 0 Å². The Morgan fingerprint density at radius 3 is 2.39 bits per heavy atom. The van der Waals surface area contributed by atoms with Gasteiger partial charge in [-0.2, -0.15) is 0 Å². The van der Waals surface area contributed by atoms with Crippen molar-refractivity contribution in [3.8, 4) is 17.2 Å². The summed E-state index contributed by atoms with van der Waals surface area (Å²) in [4.78, 5) is 3.15. The third kappa shape index (κ3) is 1.86. The number of ether oxygens (including phenoxy) is 3. The van der Waals surface area contributed by atoms with Gasteiger partial charge in [0.15, 0.2) is 11.5 Å². The van der Waals surface area contributed by atoms with Crippen LogP contribution in [0.3, 0.4) is 0 Å². The van der Waals surface area contributed by atoms with E-state index in [9.17, 15) is 0 Å². The number of aliphatic hydroxyl groups excluding tert-OH is 1. The number of hydrogen-bond donors (Lipinski definition) is 2. The van der Waals surface area contributed by atoms with Crippen LogP contribution in [0.25, 0.3) is 10.9 Å². The highest BCUT2D eigenvalue weighted by atomic mass is 16.5. The fraction of sp³-hybridized carbons (Fsp3) is 0.385. The number of benzene rings is 1. The number of aromatic amines is 1.